The van der Waals surface area contributed by atoms with E-state index < -0.39 is 6.09 Å². The fraction of sp³-hybridized carbons (Fsp3) is 0.391. The first kappa shape index (κ1) is 22.5. The van der Waals surface area contributed by atoms with Crippen molar-refractivity contribution in [1.29, 1.82) is 0 Å². The summed E-state index contributed by atoms with van der Waals surface area (Å²) in [7, 11) is 6.75. The highest BCUT2D eigenvalue weighted by Crippen LogP contribution is 2.43. The molecule has 0 unspecified atom stereocenters. The minimum Gasteiger partial charge on any atom is -0.495 e. The number of nitrogens with zero attached hydrogens (tertiary/aromatic N) is 6. The Bertz CT molecular complexity index is 1090. The number of tetrazole rings is 1. The molecule has 1 heterocycles. The zero-order valence-corrected chi connectivity index (χ0v) is 19.1. The number of aromatic nitrogens is 4. The third-order valence-corrected chi connectivity index (χ3v) is 6.46. The van der Waals surface area contributed by atoms with Gasteiger partial charge in [0, 0.05) is 32.1 Å². The molecule has 1 aromatic heterocycles. The minimum absolute atomic E-state index is 0.0191. The number of benzene rings is 2. The van der Waals surface area contributed by atoms with Crippen LogP contribution in [0.5, 0.6) is 5.75 Å². The van der Waals surface area contributed by atoms with Gasteiger partial charge >= 0.3 is 6.09 Å². The molecule has 0 bridgehead atoms. The first-order valence-corrected chi connectivity index (χ1v) is 10.6. The molecule has 174 valence electrons. The Morgan fingerprint density at radius 2 is 1.82 bits per heavy atom. The van der Waals surface area contributed by atoms with Gasteiger partial charge in [-0.3, -0.25) is 0 Å². The lowest BCUT2D eigenvalue weighted by Gasteiger charge is -2.36. The van der Waals surface area contributed by atoms with E-state index in [2.05, 4.69) is 20.4 Å². The predicted octanol–water partition coefficient (Wildman–Crippen LogP) is 3.26. The fourth-order valence-corrected chi connectivity index (χ4v) is 4.79. The Hall–Kier alpha value is -3.69. The molecule has 9 nitrogen and oxygen atoms in total. The van der Waals surface area contributed by atoms with Gasteiger partial charge in [0.15, 0.2) is 0 Å². The summed E-state index contributed by atoms with van der Waals surface area (Å²) in [6, 6.07) is 12.1. The Balaban J connectivity index is 1.74. The standard InChI is InChI=1S/C23H27FN6O3/c1-28(20-13-17(9-12-21(20)32-3)30-14-25-26-27-30)18-10-11-19(29(2)23(31)33-4)22(18)15-5-7-16(24)8-6-15/h5-9,12-14,18-19,22H,10-11H2,1-4H3/t18-,19-,22-/m0/s1. The lowest BCUT2D eigenvalue weighted by molar-refractivity contribution is 0.114. The SMILES string of the molecule is COC(=O)N(C)[C@H]1CC[C@H](N(C)c2cc(-n3cnnn3)ccc2OC)[C@@H]1c1ccc(F)cc1. The van der Waals surface area contributed by atoms with E-state index in [9.17, 15) is 9.18 Å². The maximum Gasteiger partial charge on any atom is 0.409 e. The molecule has 1 aliphatic carbocycles. The summed E-state index contributed by atoms with van der Waals surface area (Å²) in [5.41, 5.74) is 2.62. The molecule has 2 aromatic carbocycles. The van der Waals surface area contributed by atoms with Gasteiger partial charge in [-0.25, -0.2) is 13.9 Å². The number of likely N-dealkylation sites (N-methyl/N-ethyl adjacent to an activating group) is 2. The highest BCUT2D eigenvalue weighted by Gasteiger charge is 2.43. The van der Waals surface area contributed by atoms with Crippen LogP contribution in [0.25, 0.3) is 5.69 Å². The zero-order valence-electron chi connectivity index (χ0n) is 19.1. The van der Waals surface area contributed by atoms with E-state index in [0.717, 1.165) is 29.8 Å². The van der Waals surface area contributed by atoms with Crippen LogP contribution in [0.15, 0.2) is 48.8 Å². The summed E-state index contributed by atoms with van der Waals surface area (Å²) in [5.74, 6) is 0.341. The molecule has 4 rings (SSSR count). The molecule has 1 fully saturated rings. The third kappa shape index (κ3) is 4.33. The molecule has 0 aliphatic heterocycles. The summed E-state index contributed by atoms with van der Waals surface area (Å²) in [5, 5.41) is 11.4. The lowest BCUT2D eigenvalue weighted by Crippen LogP contribution is -2.43. The van der Waals surface area contributed by atoms with Crippen molar-refractivity contribution in [3.05, 3.63) is 60.2 Å². The van der Waals surface area contributed by atoms with Gasteiger partial charge in [-0.1, -0.05) is 12.1 Å². The second-order valence-corrected chi connectivity index (χ2v) is 8.09. The van der Waals surface area contributed by atoms with E-state index in [-0.39, 0.29) is 23.8 Å². The van der Waals surface area contributed by atoms with Gasteiger partial charge in [-0.05, 0) is 59.2 Å². The monoisotopic (exact) mass is 454 g/mol. The smallest absolute Gasteiger partial charge is 0.409 e. The molecular weight excluding hydrogens is 427 g/mol. The maximum absolute atomic E-state index is 13.7. The van der Waals surface area contributed by atoms with Gasteiger partial charge in [-0.2, -0.15) is 0 Å². The van der Waals surface area contributed by atoms with Crippen molar-refractivity contribution in [3.63, 3.8) is 0 Å². The summed E-state index contributed by atoms with van der Waals surface area (Å²) in [4.78, 5) is 16.1. The highest BCUT2D eigenvalue weighted by molar-refractivity contribution is 5.68. The number of hydrogen-bond donors (Lipinski definition) is 0. The van der Waals surface area contributed by atoms with Crippen LogP contribution in [0, 0.1) is 5.82 Å². The molecule has 1 amide bonds. The summed E-state index contributed by atoms with van der Waals surface area (Å²) in [6.45, 7) is 0. The van der Waals surface area contributed by atoms with E-state index in [1.54, 1.807) is 35.9 Å². The van der Waals surface area contributed by atoms with E-state index >= 15 is 0 Å². The molecule has 0 radical (unpaired) electrons. The number of hydrogen-bond acceptors (Lipinski definition) is 7. The highest BCUT2D eigenvalue weighted by atomic mass is 19.1. The Kier molecular flexibility index (Phi) is 6.43. The van der Waals surface area contributed by atoms with Crippen molar-refractivity contribution in [2.75, 3.05) is 33.2 Å². The van der Waals surface area contributed by atoms with Crippen LogP contribution in [0.4, 0.5) is 14.9 Å². The van der Waals surface area contributed by atoms with E-state index in [1.165, 1.54) is 25.6 Å². The van der Waals surface area contributed by atoms with Gasteiger partial charge in [0.2, 0.25) is 0 Å². The number of amides is 1. The minimum atomic E-state index is -0.395. The molecule has 0 saturated heterocycles. The van der Waals surface area contributed by atoms with Gasteiger partial charge in [0.1, 0.15) is 17.9 Å². The average Bonchev–Trinajstić information content (AvgIpc) is 3.53. The topological polar surface area (TPSA) is 85.6 Å². The van der Waals surface area contributed by atoms with Crippen molar-refractivity contribution in [3.8, 4) is 11.4 Å². The van der Waals surface area contributed by atoms with Crippen LogP contribution in [0.1, 0.15) is 24.3 Å². The number of anilines is 1. The van der Waals surface area contributed by atoms with Crippen LogP contribution < -0.4 is 9.64 Å². The second kappa shape index (κ2) is 9.43. The van der Waals surface area contributed by atoms with E-state index in [1.807, 2.05) is 25.2 Å². The van der Waals surface area contributed by atoms with Crippen molar-refractivity contribution in [1.82, 2.24) is 25.1 Å². The van der Waals surface area contributed by atoms with Crippen molar-refractivity contribution in [2.24, 2.45) is 0 Å². The van der Waals surface area contributed by atoms with Crippen molar-refractivity contribution >= 4 is 11.8 Å². The molecule has 1 saturated carbocycles. The number of halogens is 1. The Labute approximate surface area is 191 Å². The molecule has 33 heavy (non-hydrogen) atoms. The first-order chi connectivity index (χ1) is 15.9. The second-order valence-electron chi connectivity index (χ2n) is 8.09. The quantitative estimate of drug-likeness (QED) is 0.565. The molecular formula is C23H27FN6O3. The molecule has 3 atom stereocenters. The zero-order chi connectivity index (χ0) is 23.5. The van der Waals surface area contributed by atoms with Crippen LogP contribution in [-0.2, 0) is 4.74 Å². The van der Waals surface area contributed by atoms with Gasteiger partial charge in [0.05, 0.1) is 25.6 Å². The molecule has 3 aromatic rings. The van der Waals surface area contributed by atoms with E-state index in [4.69, 9.17) is 9.47 Å². The van der Waals surface area contributed by atoms with Crippen LogP contribution >= 0.6 is 0 Å². The lowest BCUT2D eigenvalue weighted by atomic mass is 9.89. The number of carbonyl (C=O) groups is 1. The third-order valence-electron chi connectivity index (χ3n) is 6.46. The fourth-order valence-electron chi connectivity index (χ4n) is 4.79. The summed E-state index contributed by atoms with van der Waals surface area (Å²) in [6.07, 6.45) is 2.73. The van der Waals surface area contributed by atoms with Crippen LogP contribution in [0.3, 0.4) is 0 Å². The number of rotatable bonds is 6. The van der Waals surface area contributed by atoms with Crippen molar-refractivity contribution < 1.29 is 18.7 Å². The largest absolute Gasteiger partial charge is 0.495 e. The van der Waals surface area contributed by atoms with Crippen LogP contribution in [0.2, 0.25) is 0 Å². The normalized spacial score (nSPS) is 19.8. The Morgan fingerprint density at radius 1 is 1.09 bits per heavy atom. The predicted molar refractivity (Wildman–Crippen MR) is 120 cm³/mol. The molecule has 0 N–H and O–H groups in total. The number of ether oxygens (including phenoxy) is 2. The number of carbonyl (C=O) groups excluding carboxylic acids is 1. The maximum atomic E-state index is 13.7. The van der Waals surface area contributed by atoms with Gasteiger partial charge in [-0.15, -0.1) is 5.10 Å². The Morgan fingerprint density at radius 3 is 2.45 bits per heavy atom. The van der Waals surface area contributed by atoms with Gasteiger partial charge in [0.25, 0.3) is 0 Å². The van der Waals surface area contributed by atoms with E-state index in [0.29, 0.717) is 5.75 Å². The molecule has 1 aliphatic rings. The molecule has 0 spiro atoms. The summed E-state index contributed by atoms with van der Waals surface area (Å²) >= 11 is 0. The average molecular weight is 455 g/mol. The van der Waals surface area contributed by atoms with Gasteiger partial charge < -0.3 is 19.3 Å². The molecule has 10 heteroatoms. The van der Waals surface area contributed by atoms with Crippen molar-refractivity contribution in [2.45, 2.75) is 30.8 Å². The first-order valence-electron chi connectivity index (χ1n) is 10.6. The number of methoxy groups -OCH3 is 2. The summed E-state index contributed by atoms with van der Waals surface area (Å²) < 4.78 is 25.9. The van der Waals surface area contributed by atoms with Crippen LogP contribution in [-0.4, -0.2) is 71.6 Å².